The number of aromatic amines is 1. The Morgan fingerprint density at radius 1 is 1.20 bits per heavy atom. The van der Waals surface area contributed by atoms with Crippen LogP contribution in [0.3, 0.4) is 0 Å². The summed E-state index contributed by atoms with van der Waals surface area (Å²) in [5, 5.41) is 9.53. The first-order chi connectivity index (χ1) is 12.1. The third kappa shape index (κ3) is 3.64. The number of fused-ring (bicyclic) bond motifs is 1. The average molecular weight is 333 g/mol. The molecular formula is C20H19N3O2. The van der Waals surface area contributed by atoms with Gasteiger partial charge in [0.15, 0.2) is 11.5 Å². The van der Waals surface area contributed by atoms with Gasteiger partial charge >= 0.3 is 0 Å². The van der Waals surface area contributed by atoms with E-state index in [0.29, 0.717) is 22.9 Å². The molecule has 0 aliphatic rings. The molecule has 0 amide bonds. The molecule has 2 aromatic carbocycles. The van der Waals surface area contributed by atoms with Crippen molar-refractivity contribution in [3.05, 3.63) is 53.9 Å². The van der Waals surface area contributed by atoms with Crippen LogP contribution in [-0.2, 0) is 0 Å². The van der Waals surface area contributed by atoms with E-state index in [0.717, 1.165) is 16.6 Å². The second-order valence-corrected chi connectivity index (χ2v) is 5.85. The number of aromatic nitrogens is 2. The molecule has 0 saturated heterocycles. The van der Waals surface area contributed by atoms with E-state index in [-0.39, 0.29) is 6.10 Å². The lowest BCUT2D eigenvalue weighted by molar-refractivity contribution is 0.230. The summed E-state index contributed by atoms with van der Waals surface area (Å²) >= 11 is 0. The van der Waals surface area contributed by atoms with Crippen LogP contribution >= 0.6 is 0 Å². The van der Waals surface area contributed by atoms with Crippen LogP contribution in [-0.4, -0.2) is 23.2 Å². The number of nitrogens with zero attached hydrogens (tertiary/aromatic N) is 2. The van der Waals surface area contributed by atoms with Gasteiger partial charge in [0.1, 0.15) is 11.9 Å². The highest BCUT2D eigenvalue weighted by molar-refractivity contribution is 5.90. The van der Waals surface area contributed by atoms with Crippen LogP contribution in [0.4, 0.5) is 0 Å². The van der Waals surface area contributed by atoms with Gasteiger partial charge in [-0.15, -0.1) is 0 Å². The Morgan fingerprint density at radius 2 is 2.00 bits per heavy atom. The SMILES string of the molecule is COc1cc(C=C(C#N)c2nc3ccccc3[nH]2)ccc1OC(C)C. The van der Waals surface area contributed by atoms with Crippen molar-refractivity contribution in [2.45, 2.75) is 20.0 Å². The lowest BCUT2D eigenvalue weighted by atomic mass is 10.1. The molecule has 0 aliphatic carbocycles. The zero-order chi connectivity index (χ0) is 17.8. The fourth-order valence-electron chi connectivity index (χ4n) is 2.53. The number of nitrogens with one attached hydrogen (secondary N) is 1. The minimum Gasteiger partial charge on any atom is -0.493 e. The maximum absolute atomic E-state index is 9.53. The van der Waals surface area contributed by atoms with Gasteiger partial charge in [-0.2, -0.15) is 5.26 Å². The Kier molecular flexibility index (Phi) is 4.71. The quantitative estimate of drug-likeness (QED) is 0.702. The van der Waals surface area contributed by atoms with Gasteiger partial charge in [0.05, 0.1) is 29.8 Å². The molecule has 0 radical (unpaired) electrons. The van der Waals surface area contributed by atoms with Gasteiger partial charge < -0.3 is 14.5 Å². The smallest absolute Gasteiger partial charge is 0.161 e. The van der Waals surface area contributed by atoms with E-state index in [4.69, 9.17) is 9.47 Å². The summed E-state index contributed by atoms with van der Waals surface area (Å²) in [6, 6.07) is 15.5. The van der Waals surface area contributed by atoms with Crippen LogP contribution in [0.2, 0.25) is 0 Å². The largest absolute Gasteiger partial charge is 0.493 e. The molecule has 1 aromatic heterocycles. The molecule has 3 rings (SSSR count). The molecule has 3 aromatic rings. The predicted molar refractivity (Wildman–Crippen MR) is 98.3 cm³/mol. The number of H-pyrrole nitrogens is 1. The minimum absolute atomic E-state index is 0.0560. The standard InChI is InChI=1S/C20H19N3O2/c1-13(2)25-18-9-8-14(11-19(18)24-3)10-15(12-21)20-22-16-6-4-5-7-17(16)23-20/h4-11,13H,1-3H3,(H,22,23). The summed E-state index contributed by atoms with van der Waals surface area (Å²) in [5.41, 5.74) is 3.02. The summed E-state index contributed by atoms with van der Waals surface area (Å²) in [6.07, 6.45) is 1.83. The Balaban J connectivity index is 1.98. The number of nitriles is 1. The van der Waals surface area contributed by atoms with Crippen molar-refractivity contribution in [3.63, 3.8) is 0 Å². The summed E-state index contributed by atoms with van der Waals surface area (Å²) in [5.74, 6) is 1.85. The molecule has 5 heteroatoms. The zero-order valence-corrected chi connectivity index (χ0v) is 14.4. The van der Waals surface area contributed by atoms with E-state index >= 15 is 0 Å². The van der Waals surface area contributed by atoms with Crippen molar-refractivity contribution in [2.24, 2.45) is 0 Å². The number of rotatable bonds is 5. The Bertz CT molecular complexity index is 931. The molecule has 1 N–H and O–H groups in total. The number of methoxy groups -OCH3 is 1. The predicted octanol–water partition coefficient (Wildman–Crippen LogP) is 4.42. The van der Waals surface area contributed by atoms with Crippen LogP contribution in [0.1, 0.15) is 25.2 Å². The molecule has 0 atom stereocenters. The van der Waals surface area contributed by atoms with Crippen LogP contribution < -0.4 is 9.47 Å². The highest BCUT2D eigenvalue weighted by Crippen LogP contribution is 2.30. The summed E-state index contributed by atoms with van der Waals surface area (Å²) in [6.45, 7) is 3.92. The van der Waals surface area contributed by atoms with Crippen molar-refractivity contribution in [3.8, 4) is 17.6 Å². The molecule has 0 saturated carbocycles. The van der Waals surface area contributed by atoms with Crippen molar-refractivity contribution >= 4 is 22.7 Å². The van der Waals surface area contributed by atoms with E-state index < -0.39 is 0 Å². The van der Waals surface area contributed by atoms with E-state index in [1.807, 2.05) is 56.3 Å². The number of hydrogen-bond acceptors (Lipinski definition) is 4. The van der Waals surface area contributed by atoms with Gasteiger partial charge in [0.2, 0.25) is 0 Å². The van der Waals surface area contributed by atoms with E-state index in [9.17, 15) is 5.26 Å². The third-order valence-corrected chi connectivity index (χ3v) is 3.63. The van der Waals surface area contributed by atoms with Gasteiger partial charge in [0.25, 0.3) is 0 Å². The van der Waals surface area contributed by atoms with Crippen molar-refractivity contribution < 1.29 is 9.47 Å². The number of imidazole rings is 1. The minimum atomic E-state index is 0.0560. The normalized spacial score (nSPS) is 11.6. The van der Waals surface area contributed by atoms with Crippen LogP contribution in [0.25, 0.3) is 22.7 Å². The molecule has 0 fully saturated rings. The van der Waals surface area contributed by atoms with E-state index in [1.165, 1.54) is 0 Å². The maximum Gasteiger partial charge on any atom is 0.161 e. The molecule has 0 bridgehead atoms. The van der Waals surface area contributed by atoms with Crippen molar-refractivity contribution in [2.75, 3.05) is 7.11 Å². The van der Waals surface area contributed by atoms with Crippen molar-refractivity contribution in [1.82, 2.24) is 9.97 Å². The monoisotopic (exact) mass is 333 g/mol. The maximum atomic E-state index is 9.53. The van der Waals surface area contributed by atoms with E-state index in [2.05, 4.69) is 16.0 Å². The Hall–Kier alpha value is -3.26. The Morgan fingerprint density at radius 3 is 2.68 bits per heavy atom. The third-order valence-electron chi connectivity index (χ3n) is 3.63. The molecular weight excluding hydrogens is 314 g/mol. The lowest BCUT2D eigenvalue weighted by Crippen LogP contribution is -2.06. The molecule has 0 spiro atoms. The van der Waals surface area contributed by atoms with Crippen LogP contribution in [0.15, 0.2) is 42.5 Å². The second-order valence-electron chi connectivity index (χ2n) is 5.85. The van der Waals surface area contributed by atoms with Gasteiger partial charge in [0, 0.05) is 0 Å². The molecule has 0 unspecified atom stereocenters. The molecule has 25 heavy (non-hydrogen) atoms. The lowest BCUT2D eigenvalue weighted by Gasteiger charge is -2.13. The summed E-state index contributed by atoms with van der Waals surface area (Å²) in [4.78, 5) is 7.65. The van der Waals surface area contributed by atoms with Gasteiger partial charge in [-0.05, 0) is 49.8 Å². The number of allylic oxidation sites excluding steroid dienone is 1. The van der Waals surface area contributed by atoms with Gasteiger partial charge in [-0.1, -0.05) is 18.2 Å². The molecule has 126 valence electrons. The Labute approximate surface area is 146 Å². The number of para-hydroxylation sites is 2. The summed E-state index contributed by atoms with van der Waals surface area (Å²) < 4.78 is 11.1. The van der Waals surface area contributed by atoms with Gasteiger partial charge in [-0.3, -0.25) is 0 Å². The first kappa shape index (κ1) is 16.6. The van der Waals surface area contributed by atoms with Crippen molar-refractivity contribution in [1.29, 1.82) is 5.26 Å². The molecule has 5 nitrogen and oxygen atoms in total. The highest BCUT2D eigenvalue weighted by atomic mass is 16.5. The first-order valence-corrected chi connectivity index (χ1v) is 8.02. The first-order valence-electron chi connectivity index (χ1n) is 8.02. The van der Waals surface area contributed by atoms with Crippen LogP contribution in [0.5, 0.6) is 11.5 Å². The summed E-state index contributed by atoms with van der Waals surface area (Å²) in [7, 11) is 1.60. The highest BCUT2D eigenvalue weighted by Gasteiger charge is 2.10. The molecule has 1 heterocycles. The topological polar surface area (TPSA) is 70.9 Å². The fourth-order valence-corrected chi connectivity index (χ4v) is 2.53. The zero-order valence-electron chi connectivity index (χ0n) is 14.4. The average Bonchev–Trinajstić information content (AvgIpc) is 3.04. The fraction of sp³-hybridized carbons (Fsp3) is 0.200. The number of hydrogen-bond donors (Lipinski definition) is 1. The van der Waals surface area contributed by atoms with Gasteiger partial charge in [-0.25, -0.2) is 4.98 Å². The van der Waals surface area contributed by atoms with E-state index in [1.54, 1.807) is 13.2 Å². The number of benzene rings is 2. The second kappa shape index (κ2) is 7.10. The number of ether oxygens (including phenoxy) is 2. The van der Waals surface area contributed by atoms with Crippen LogP contribution in [0, 0.1) is 11.3 Å². The molecule has 0 aliphatic heterocycles.